The molecule has 1 saturated heterocycles. The molecule has 1 unspecified atom stereocenters. The Balaban J connectivity index is 1.91. The van der Waals surface area contributed by atoms with Crippen LogP contribution in [0.25, 0.3) is 5.76 Å². The number of rotatable bonds is 7. The number of nitrogens with zero attached hydrogens (tertiary/aromatic N) is 1. The zero-order chi connectivity index (χ0) is 25.1. The highest BCUT2D eigenvalue weighted by atomic mass is 35.5. The quantitative estimate of drug-likeness (QED) is 0.251. The van der Waals surface area contributed by atoms with E-state index in [0.29, 0.717) is 18.1 Å². The molecule has 6 nitrogen and oxygen atoms in total. The van der Waals surface area contributed by atoms with Crippen LogP contribution in [0.2, 0.25) is 5.02 Å². The summed E-state index contributed by atoms with van der Waals surface area (Å²) < 4.78 is 25.8. The maximum atomic E-state index is 15.0. The Kier molecular flexibility index (Phi) is 7.07. The fraction of sp³-hybridized carbons (Fsp3) is 0.185. The molecule has 1 fully saturated rings. The van der Waals surface area contributed by atoms with Crippen LogP contribution in [0.3, 0.4) is 0 Å². The summed E-state index contributed by atoms with van der Waals surface area (Å²) in [4.78, 5) is 27.6. The predicted octanol–water partition coefficient (Wildman–Crippen LogP) is 5.90. The second kappa shape index (κ2) is 10.2. The number of hydrogen-bond donors (Lipinski definition) is 1. The molecule has 3 aromatic rings. The van der Waals surface area contributed by atoms with Crippen molar-refractivity contribution in [3.8, 4) is 11.5 Å². The van der Waals surface area contributed by atoms with Gasteiger partial charge in [0.15, 0.2) is 0 Å². The lowest BCUT2D eigenvalue weighted by atomic mass is 9.94. The fourth-order valence-corrected chi connectivity index (χ4v) is 4.26. The lowest BCUT2D eigenvalue weighted by molar-refractivity contribution is -0.132. The molecule has 4 rings (SSSR count). The summed E-state index contributed by atoms with van der Waals surface area (Å²) in [5.74, 6) is -2.05. The number of amides is 1. The van der Waals surface area contributed by atoms with Gasteiger partial charge >= 0.3 is 0 Å². The molecule has 0 aliphatic carbocycles. The van der Waals surface area contributed by atoms with E-state index >= 15 is 4.39 Å². The first-order chi connectivity index (χ1) is 16.9. The topological polar surface area (TPSA) is 76.1 Å². The number of hydrogen-bond acceptors (Lipinski definition) is 5. The average Bonchev–Trinajstić information content (AvgIpc) is 3.12. The van der Waals surface area contributed by atoms with Crippen molar-refractivity contribution in [2.75, 3.05) is 18.6 Å². The number of aliphatic hydroxyl groups is 1. The number of halogens is 2. The molecule has 1 N–H and O–H groups in total. The van der Waals surface area contributed by atoms with Crippen molar-refractivity contribution in [3.05, 3.63) is 94.3 Å². The van der Waals surface area contributed by atoms with E-state index in [1.54, 1.807) is 42.5 Å². The Bertz CT molecular complexity index is 1320. The molecule has 1 aliphatic rings. The Morgan fingerprint density at radius 2 is 1.86 bits per heavy atom. The van der Waals surface area contributed by atoms with Crippen LogP contribution in [-0.4, -0.2) is 30.5 Å². The van der Waals surface area contributed by atoms with E-state index in [4.69, 9.17) is 21.1 Å². The highest BCUT2D eigenvalue weighted by molar-refractivity contribution is 6.51. The summed E-state index contributed by atoms with van der Waals surface area (Å²) >= 11 is 6.27. The summed E-state index contributed by atoms with van der Waals surface area (Å²) in [6, 6.07) is 15.7. The van der Waals surface area contributed by atoms with Crippen LogP contribution >= 0.6 is 11.6 Å². The van der Waals surface area contributed by atoms with Gasteiger partial charge in [0.2, 0.25) is 0 Å². The number of ether oxygens (including phenoxy) is 2. The van der Waals surface area contributed by atoms with E-state index in [1.165, 1.54) is 31.4 Å². The SMILES string of the molecule is CCCOc1cccc(/C(O)=C2\C(=O)C(=O)N(c3ccc(OC)c(Cl)c3)C2c2ccccc2F)c1. The van der Waals surface area contributed by atoms with Gasteiger partial charge in [-0.3, -0.25) is 14.5 Å². The van der Waals surface area contributed by atoms with Crippen molar-refractivity contribution in [2.24, 2.45) is 0 Å². The monoisotopic (exact) mass is 495 g/mol. The number of benzene rings is 3. The van der Waals surface area contributed by atoms with Crippen LogP contribution in [0.1, 0.15) is 30.5 Å². The summed E-state index contributed by atoms with van der Waals surface area (Å²) in [7, 11) is 1.45. The van der Waals surface area contributed by atoms with Crippen molar-refractivity contribution in [2.45, 2.75) is 19.4 Å². The maximum absolute atomic E-state index is 15.0. The van der Waals surface area contributed by atoms with Gasteiger partial charge in [0.05, 0.1) is 30.4 Å². The summed E-state index contributed by atoms with van der Waals surface area (Å²) in [6.07, 6.45) is 0.791. The lowest BCUT2D eigenvalue weighted by Crippen LogP contribution is -2.29. The Morgan fingerprint density at radius 3 is 2.54 bits per heavy atom. The van der Waals surface area contributed by atoms with Crippen molar-refractivity contribution < 1.29 is 28.6 Å². The summed E-state index contributed by atoms with van der Waals surface area (Å²) in [6.45, 7) is 2.44. The van der Waals surface area contributed by atoms with Gasteiger partial charge in [0.25, 0.3) is 11.7 Å². The highest BCUT2D eigenvalue weighted by Crippen LogP contribution is 2.44. The molecule has 0 bridgehead atoms. The third-order valence-electron chi connectivity index (χ3n) is 5.64. The van der Waals surface area contributed by atoms with Crippen molar-refractivity contribution in [1.29, 1.82) is 0 Å². The van der Waals surface area contributed by atoms with Crippen molar-refractivity contribution in [1.82, 2.24) is 0 Å². The van der Waals surface area contributed by atoms with Gasteiger partial charge in [-0.05, 0) is 42.8 Å². The number of Topliss-reactive ketones (excluding diaryl/α,β-unsaturated/α-hetero) is 1. The summed E-state index contributed by atoms with van der Waals surface area (Å²) in [5, 5.41) is 11.4. The minimum atomic E-state index is -1.22. The van der Waals surface area contributed by atoms with Gasteiger partial charge in [-0.2, -0.15) is 0 Å². The Hall–Kier alpha value is -3.84. The molecule has 0 saturated carbocycles. The van der Waals surface area contributed by atoms with Gasteiger partial charge in [-0.25, -0.2) is 4.39 Å². The number of ketones is 1. The third kappa shape index (κ3) is 4.59. The third-order valence-corrected chi connectivity index (χ3v) is 5.93. The molecule has 0 aromatic heterocycles. The van der Waals surface area contributed by atoms with Crippen LogP contribution in [0, 0.1) is 5.82 Å². The minimum Gasteiger partial charge on any atom is -0.507 e. The smallest absolute Gasteiger partial charge is 0.300 e. The van der Waals surface area contributed by atoms with E-state index in [1.807, 2.05) is 6.92 Å². The van der Waals surface area contributed by atoms with Gasteiger partial charge in [0, 0.05) is 16.8 Å². The number of methoxy groups -OCH3 is 1. The molecular weight excluding hydrogens is 473 g/mol. The zero-order valence-corrected chi connectivity index (χ0v) is 19.9. The Labute approximate surface area is 207 Å². The number of carbonyl (C=O) groups is 2. The second-order valence-corrected chi connectivity index (χ2v) is 8.29. The van der Waals surface area contributed by atoms with Crippen LogP contribution in [0.5, 0.6) is 11.5 Å². The number of aliphatic hydroxyl groups excluding tert-OH is 1. The lowest BCUT2D eigenvalue weighted by Gasteiger charge is -2.26. The van der Waals surface area contributed by atoms with Gasteiger partial charge < -0.3 is 14.6 Å². The molecule has 1 amide bonds. The Morgan fingerprint density at radius 1 is 1.09 bits per heavy atom. The first-order valence-corrected chi connectivity index (χ1v) is 11.4. The molecule has 35 heavy (non-hydrogen) atoms. The molecule has 8 heteroatoms. The number of anilines is 1. The van der Waals surface area contributed by atoms with Crippen LogP contribution in [0.15, 0.2) is 72.3 Å². The van der Waals surface area contributed by atoms with E-state index in [0.717, 1.165) is 11.3 Å². The highest BCUT2D eigenvalue weighted by Gasteiger charge is 2.48. The zero-order valence-electron chi connectivity index (χ0n) is 19.1. The summed E-state index contributed by atoms with van der Waals surface area (Å²) in [5.41, 5.74) is 0.342. The van der Waals surface area contributed by atoms with E-state index in [2.05, 4.69) is 0 Å². The molecule has 0 spiro atoms. The molecule has 0 radical (unpaired) electrons. The fourth-order valence-electron chi connectivity index (χ4n) is 4.00. The van der Waals surface area contributed by atoms with Crippen molar-refractivity contribution >= 4 is 34.7 Å². The second-order valence-electron chi connectivity index (χ2n) is 7.89. The van der Waals surface area contributed by atoms with Crippen LogP contribution < -0.4 is 14.4 Å². The van der Waals surface area contributed by atoms with Crippen LogP contribution in [-0.2, 0) is 9.59 Å². The van der Waals surface area contributed by atoms with Crippen LogP contribution in [0.4, 0.5) is 10.1 Å². The maximum Gasteiger partial charge on any atom is 0.300 e. The van der Waals surface area contributed by atoms with Gasteiger partial charge in [0.1, 0.15) is 23.1 Å². The van der Waals surface area contributed by atoms with Crippen molar-refractivity contribution in [3.63, 3.8) is 0 Å². The molecule has 1 aliphatic heterocycles. The minimum absolute atomic E-state index is 0.0542. The average molecular weight is 496 g/mol. The molecule has 1 atom stereocenters. The first kappa shape index (κ1) is 24.3. The standard InChI is InChI=1S/C27H23ClFNO5/c1-3-13-35-18-8-6-7-16(14-18)25(31)23-24(19-9-4-5-10-21(19)29)30(27(33)26(23)32)17-11-12-22(34-2)20(28)15-17/h4-12,14-15,24,31H,3,13H2,1-2H3/b25-23+. The first-order valence-electron chi connectivity index (χ1n) is 11.0. The normalized spacial score (nSPS) is 17.0. The largest absolute Gasteiger partial charge is 0.507 e. The van der Waals surface area contributed by atoms with Gasteiger partial charge in [-0.1, -0.05) is 48.9 Å². The molecule has 1 heterocycles. The van der Waals surface area contributed by atoms with E-state index < -0.39 is 29.3 Å². The van der Waals surface area contributed by atoms with E-state index in [9.17, 15) is 14.7 Å². The van der Waals surface area contributed by atoms with E-state index in [-0.39, 0.29) is 27.4 Å². The number of carbonyl (C=O) groups excluding carboxylic acids is 2. The molecule has 180 valence electrons. The predicted molar refractivity (Wildman–Crippen MR) is 131 cm³/mol. The van der Waals surface area contributed by atoms with Gasteiger partial charge in [-0.15, -0.1) is 0 Å². The molecule has 3 aromatic carbocycles. The molecular formula is C27H23ClFNO5.